The minimum atomic E-state index is -4.54. The maximum atomic E-state index is 13.7. The van der Waals surface area contributed by atoms with E-state index in [4.69, 9.17) is 5.26 Å². The van der Waals surface area contributed by atoms with Crippen LogP contribution in [0.5, 0.6) is 0 Å². The maximum absolute atomic E-state index is 13.7. The van der Waals surface area contributed by atoms with Crippen molar-refractivity contribution in [3.8, 4) is 6.19 Å². The van der Waals surface area contributed by atoms with Gasteiger partial charge in [0.15, 0.2) is 6.19 Å². The Bertz CT molecular complexity index is 973. The first kappa shape index (κ1) is 21.7. The third-order valence-electron chi connectivity index (χ3n) is 5.35. The number of alkyl halides is 3. The summed E-state index contributed by atoms with van der Waals surface area (Å²) in [5, 5.41) is 11.5. The van der Waals surface area contributed by atoms with E-state index in [0.717, 1.165) is 17.2 Å². The number of hydrogen-bond acceptors (Lipinski definition) is 4. The molecule has 1 amide bonds. The van der Waals surface area contributed by atoms with Crippen LogP contribution < -0.4 is 5.32 Å². The number of nitrogens with zero attached hydrogens (tertiary/aromatic N) is 3. The summed E-state index contributed by atoms with van der Waals surface area (Å²) in [4.78, 5) is 16.0. The molecular weight excluding hydrogens is 393 g/mol. The predicted molar refractivity (Wildman–Crippen MR) is 108 cm³/mol. The highest BCUT2D eigenvalue weighted by atomic mass is 19.4. The molecule has 2 aromatic rings. The number of nitrogens with one attached hydrogen (secondary N) is 1. The topological polar surface area (TPSA) is 59.4 Å². The number of carbonyl (C=O) groups is 1. The Hall–Kier alpha value is -3.05. The molecule has 0 unspecified atom stereocenters. The van der Waals surface area contributed by atoms with E-state index in [-0.39, 0.29) is 17.8 Å². The van der Waals surface area contributed by atoms with Gasteiger partial charge in [0, 0.05) is 44.0 Å². The van der Waals surface area contributed by atoms with Crippen LogP contribution >= 0.6 is 0 Å². The van der Waals surface area contributed by atoms with Crippen molar-refractivity contribution in [2.24, 2.45) is 0 Å². The average molecular weight is 416 g/mol. The van der Waals surface area contributed by atoms with Gasteiger partial charge in [-0.15, -0.1) is 0 Å². The molecule has 1 saturated heterocycles. The van der Waals surface area contributed by atoms with Crippen LogP contribution in [-0.2, 0) is 12.7 Å². The second-order valence-electron chi connectivity index (χ2n) is 7.49. The summed E-state index contributed by atoms with van der Waals surface area (Å²) >= 11 is 0. The van der Waals surface area contributed by atoms with Gasteiger partial charge in [-0.1, -0.05) is 12.1 Å². The van der Waals surface area contributed by atoms with Gasteiger partial charge in [0.1, 0.15) is 0 Å². The van der Waals surface area contributed by atoms with Gasteiger partial charge in [0.05, 0.1) is 5.56 Å². The summed E-state index contributed by atoms with van der Waals surface area (Å²) in [5.74, 6) is -0.452. The van der Waals surface area contributed by atoms with Crippen molar-refractivity contribution in [1.29, 1.82) is 5.26 Å². The zero-order chi connectivity index (χ0) is 21.9. The highest BCUT2D eigenvalue weighted by Gasteiger charge is 2.34. The van der Waals surface area contributed by atoms with Crippen molar-refractivity contribution in [2.45, 2.75) is 26.6 Å². The highest BCUT2D eigenvalue weighted by molar-refractivity contribution is 6.04. The molecule has 0 radical (unpaired) electrons. The minimum absolute atomic E-state index is 0.101. The smallest absolute Gasteiger partial charge is 0.322 e. The van der Waals surface area contributed by atoms with Crippen LogP contribution in [0, 0.1) is 25.3 Å². The number of hydrogen-bond donors (Lipinski definition) is 1. The Labute approximate surface area is 173 Å². The molecule has 1 heterocycles. The summed E-state index contributed by atoms with van der Waals surface area (Å²) in [6, 6.07) is 9.06. The van der Waals surface area contributed by atoms with Gasteiger partial charge < -0.3 is 10.2 Å². The Morgan fingerprint density at radius 3 is 2.37 bits per heavy atom. The van der Waals surface area contributed by atoms with Crippen molar-refractivity contribution in [3.05, 3.63) is 64.2 Å². The SMILES string of the molecule is Cc1ccc(C(=O)Nc2ccc(CN3CCN(C#N)CC3)c(C(F)(F)F)c2)cc1C. The highest BCUT2D eigenvalue weighted by Crippen LogP contribution is 2.34. The summed E-state index contributed by atoms with van der Waals surface area (Å²) in [5.41, 5.74) is 1.85. The minimum Gasteiger partial charge on any atom is -0.322 e. The van der Waals surface area contributed by atoms with E-state index in [1.807, 2.05) is 18.7 Å². The molecule has 30 heavy (non-hydrogen) atoms. The number of halogens is 3. The number of anilines is 1. The van der Waals surface area contributed by atoms with Gasteiger partial charge in [-0.25, -0.2) is 0 Å². The standard InChI is InChI=1S/C22H23F3N4O/c1-15-3-4-17(11-16(15)2)21(30)27-19-6-5-18(20(12-19)22(23,24)25)13-28-7-9-29(14-26)10-8-28/h3-6,11-12H,7-10,13H2,1-2H3,(H,27,30). The molecule has 5 nitrogen and oxygen atoms in total. The van der Waals surface area contributed by atoms with E-state index < -0.39 is 17.6 Å². The van der Waals surface area contributed by atoms with Gasteiger partial charge in [-0.2, -0.15) is 18.4 Å². The molecule has 8 heteroatoms. The van der Waals surface area contributed by atoms with Crippen LogP contribution in [0.1, 0.15) is 32.6 Å². The number of aryl methyl sites for hydroxylation is 2. The number of nitriles is 1. The third-order valence-corrected chi connectivity index (χ3v) is 5.35. The quantitative estimate of drug-likeness (QED) is 0.760. The van der Waals surface area contributed by atoms with Crippen LogP contribution in [0.2, 0.25) is 0 Å². The second-order valence-corrected chi connectivity index (χ2v) is 7.49. The van der Waals surface area contributed by atoms with Crippen LogP contribution in [0.15, 0.2) is 36.4 Å². The fraction of sp³-hybridized carbons (Fsp3) is 0.364. The van der Waals surface area contributed by atoms with Crippen molar-refractivity contribution >= 4 is 11.6 Å². The van der Waals surface area contributed by atoms with Crippen molar-refractivity contribution in [3.63, 3.8) is 0 Å². The van der Waals surface area contributed by atoms with E-state index >= 15 is 0 Å². The summed E-state index contributed by atoms with van der Waals surface area (Å²) < 4.78 is 41.0. The summed E-state index contributed by atoms with van der Waals surface area (Å²) in [6.07, 6.45) is -2.48. The van der Waals surface area contributed by atoms with Gasteiger partial charge >= 0.3 is 6.18 Å². The van der Waals surface area contributed by atoms with E-state index in [9.17, 15) is 18.0 Å². The largest absolute Gasteiger partial charge is 0.416 e. The number of amides is 1. The number of rotatable bonds is 4. The van der Waals surface area contributed by atoms with Crippen LogP contribution in [0.4, 0.5) is 18.9 Å². The lowest BCUT2D eigenvalue weighted by atomic mass is 10.0. The van der Waals surface area contributed by atoms with E-state index in [0.29, 0.717) is 31.7 Å². The van der Waals surface area contributed by atoms with Crippen LogP contribution in [0.25, 0.3) is 0 Å². The predicted octanol–water partition coefficient (Wildman–Crippen LogP) is 4.17. The normalized spacial score (nSPS) is 15.0. The van der Waals surface area contributed by atoms with Crippen molar-refractivity contribution < 1.29 is 18.0 Å². The Morgan fingerprint density at radius 2 is 1.77 bits per heavy atom. The molecule has 2 aromatic carbocycles. The first-order valence-electron chi connectivity index (χ1n) is 9.63. The molecule has 1 fully saturated rings. The number of piperazine rings is 1. The lowest BCUT2D eigenvalue weighted by Gasteiger charge is -2.32. The van der Waals surface area contributed by atoms with Crippen molar-refractivity contribution in [1.82, 2.24) is 9.80 Å². The number of benzene rings is 2. The Morgan fingerprint density at radius 1 is 1.07 bits per heavy atom. The molecule has 0 aliphatic carbocycles. The Kier molecular flexibility index (Phi) is 6.32. The lowest BCUT2D eigenvalue weighted by Crippen LogP contribution is -2.43. The zero-order valence-electron chi connectivity index (χ0n) is 16.9. The van der Waals surface area contributed by atoms with E-state index in [1.165, 1.54) is 12.1 Å². The molecule has 0 aromatic heterocycles. The van der Waals surface area contributed by atoms with Gasteiger partial charge in [0.25, 0.3) is 5.91 Å². The van der Waals surface area contributed by atoms with E-state index in [2.05, 4.69) is 11.5 Å². The van der Waals surface area contributed by atoms with Gasteiger partial charge in [0.2, 0.25) is 0 Å². The molecule has 0 atom stereocenters. The average Bonchev–Trinajstić information content (AvgIpc) is 2.71. The molecule has 1 aliphatic heterocycles. The molecule has 1 aliphatic rings. The molecule has 0 saturated carbocycles. The molecule has 158 valence electrons. The zero-order valence-corrected chi connectivity index (χ0v) is 16.9. The molecule has 0 spiro atoms. The molecule has 0 bridgehead atoms. The molecular formula is C22H23F3N4O. The molecule has 3 rings (SSSR count). The van der Waals surface area contributed by atoms with Crippen LogP contribution in [0.3, 0.4) is 0 Å². The monoisotopic (exact) mass is 416 g/mol. The molecule has 1 N–H and O–H groups in total. The lowest BCUT2D eigenvalue weighted by molar-refractivity contribution is -0.138. The van der Waals surface area contributed by atoms with E-state index in [1.54, 1.807) is 23.1 Å². The van der Waals surface area contributed by atoms with Gasteiger partial charge in [-0.05, 0) is 54.8 Å². The summed E-state index contributed by atoms with van der Waals surface area (Å²) in [7, 11) is 0. The number of carbonyl (C=O) groups excluding carboxylic acids is 1. The first-order valence-corrected chi connectivity index (χ1v) is 9.63. The first-order chi connectivity index (χ1) is 14.2. The third kappa shape index (κ3) is 5.10. The van der Waals surface area contributed by atoms with Crippen molar-refractivity contribution in [2.75, 3.05) is 31.5 Å². The fourth-order valence-electron chi connectivity index (χ4n) is 3.39. The fourth-order valence-corrected chi connectivity index (χ4v) is 3.39. The second kappa shape index (κ2) is 8.76. The Balaban J connectivity index is 1.78. The maximum Gasteiger partial charge on any atom is 0.416 e. The van der Waals surface area contributed by atoms with Gasteiger partial charge in [-0.3, -0.25) is 9.69 Å². The summed E-state index contributed by atoms with van der Waals surface area (Å²) in [6.45, 7) is 5.99. The van der Waals surface area contributed by atoms with Crippen LogP contribution in [-0.4, -0.2) is 41.9 Å².